The van der Waals surface area contributed by atoms with Crippen molar-refractivity contribution in [3.8, 4) is 0 Å². The summed E-state index contributed by atoms with van der Waals surface area (Å²) in [5.41, 5.74) is 0.829. The minimum Gasteiger partial charge on any atom is -0.251 e. The van der Waals surface area contributed by atoms with Gasteiger partial charge in [0.2, 0.25) is 5.16 Å². The average molecular weight is 185 g/mol. The third-order valence-corrected chi connectivity index (χ3v) is 2.09. The SMILES string of the molecule is CC(C)c1cnnc(S(C)=O)n1. The van der Waals surface area contributed by atoms with Gasteiger partial charge in [-0.1, -0.05) is 13.8 Å². The molecule has 66 valence electrons. The summed E-state index contributed by atoms with van der Waals surface area (Å²) in [4.78, 5) is 4.10. The molecule has 0 aromatic carbocycles. The lowest BCUT2D eigenvalue weighted by molar-refractivity contribution is 0.666. The van der Waals surface area contributed by atoms with Gasteiger partial charge in [-0.05, 0) is 5.92 Å². The second-order valence-corrected chi connectivity index (χ2v) is 4.05. The molecular formula is C7H11N3OS. The molecule has 0 aliphatic rings. The van der Waals surface area contributed by atoms with Crippen LogP contribution in [0.15, 0.2) is 11.4 Å². The van der Waals surface area contributed by atoms with Crippen LogP contribution in [-0.4, -0.2) is 25.6 Å². The standard InChI is InChI=1S/C7H11N3OS/c1-5(2)6-4-8-10-7(9-6)12(3)11/h4-5H,1-3H3. The fraction of sp³-hybridized carbons (Fsp3) is 0.571. The van der Waals surface area contributed by atoms with Gasteiger partial charge in [0.05, 0.1) is 22.7 Å². The molecule has 1 atom stereocenters. The Morgan fingerprint density at radius 1 is 1.50 bits per heavy atom. The molecule has 0 spiro atoms. The topological polar surface area (TPSA) is 55.7 Å². The molecule has 0 bridgehead atoms. The Bertz CT molecular complexity index is 300. The number of hydrogen-bond acceptors (Lipinski definition) is 4. The zero-order valence-corrected chi connectivity index (χ0v) is 8.13. The average Bonchev–Trinajstić information content (AvgIpc) is 2.04. The maximum atomic E-state index is 11.0. The van der Waals surface area contributed by atoms with Crippen molar-refractivity contribution < 1.29 is 4.21 Å². The largest absolute Gasteiger partial charge is 0.251 e. The van der Waals surface area contributed by atoms with E-state index >= 15 is 0 Å². The smallest absolute Gasteiger partial charge is 0.239 e. The van der Waals surface area contributed by atoms with Gasteiger partial charge in [-0.2, -0.15) is 5.10 Å². The van der Waals surface area contributed by atoms with Crippen molar-refractivity contribution in [3.63, 3.8) is 0 Å². The highest BCUT2D eigenvalue weighted by Gasteiger charge is 2.06. The number of aromatic nitrogens is 3. The van der Waals surface area contributed by atoms with Crippen molar-refractivity contribution in [2.24, 2.45) is 0 Å². The molecular weight excluding hydrogens is 174 g/mol. The van der Waals surface area contributed by atoms with E-state index in [0.717, 1.165) is 5.69 Å². The predicted molar refractivity (Wildman–Crippen MR) is 46.2 cm³/mol. The number of nitrogens with zero attached hydrogens (tertiary/aromatic N) is 3. The fourth-order valence-corrected chi connectivity index (χ4v) is 1.10. The van der Waals surface area contributed by atoms with Crippen LogP contribution in [0.1, 0.15) is 25.5 Å². The lowest BCUT2D eigenvalue weighted by atomic mass is 10.1. The van der Waals surface area contributed by atoms with E-state index in [2.05, 4.69) is 15.2 Å². The number of hydrogen-bond donors (Lipinski definition) is 0. The van der Waals surface area contributed by atoms with E-state index in [1.54, 1.807) is 12.5 Å². The Labute approximate surface area is 73.9 Å². The van der Waals surface area contributed by atoms with E-state index < -0.39 is 10.8 Å². The van der Waals surface area contributed by atoms with Crippen LogP contribution in [0.2, 0.25) is 0 Å². The first-order valence-electron chi connectivity index (χ1n) is 3.64. The summed E-state index contributed by atoms with van der Waals surface area (Å²) in [7, 11) is -1.14. The van der Waals surface area contributed by atoms with Crippen LogP contribution in [0.3, 0.4) is 0 Å². The molecule has 1 unspecified atom stereocenters. The van der Waals surface area contributed by atoms with E-state index in [-0.39, 0.29) is 0 Å². The van der Waals surface area contributed by atoms with Crippen LogP contribution >= 0.6 is 0 Å². The van der Waals surface area contributed by atoms with Gasteiger partial charge >= 0.3 is 0 Å². The zero-order valence-electron chi connectivity index (χ0n) is 7.31. The van der Waals surface area contributed by atoms with Crippen LogP contribution in [0, 0.1) is 0 Å². The van der Waals surface area contributed by atoms with Gasteiger partial charge in [0.25, 0.3) is 0 Å². The van der Waals surface area contributed by atoms with Gasteiger partial charge in [0, 0.05) is 6.26 Å². The first-order valence-corrected chi connectivity index (χ1v) is 5.20. The van der Waals surface area contributed by atoms with Crippen LogP contribution in [0.25, 0.3) is 0 Å². The maximum absolute atomic E-state index is 11.0. The fourth-order valence-electron chi connectivity index (χ4n) is 0.699. The van der Waals surface area contributed by atoms with Gasteiger partial charge in [-0.25, -0.2) is 4.98 Å². The molecule has 1 heterocycles. The third kappa shape index (κ3) is 2.07. The van der Waals surface area contributed by atoms with Crippen LogP contribution in [0.4, 0.5) is 0 Å². The summed E-state index contributed by atoms with van der Waals surface area (Å²) in [5.74, 6) is 0.294. The van der Waals surface area contributed by atoms with Crippen molar-refractivity contribution in [1.82, 2.24) is 15.2 Å². The molecule has 1 aromatic rings. The molecule has 0 N–H and O–H groups in total. The Balaban J connectivity index is 3.04. The molecule has 0 aliphatic carbocycles. The maximum Gasteiger partial charge on any atom is 0.239 e. The van der Waals surface area contributed by atoms with Crippen LogP contribution in [0.5, 0.6) is 0 Å². The lowest BCUT2D eigenvalue weighted by Gasteiger charge is -2.02. The molecule has 0 radical (unpaired) electrons. The minimum atomic E-state index is -1.14. The van der Waals surface area contributed by atoms with Gasteiger partial charge < -0.3 is 0 Å². The van der Waals surface area contributed by atoms with Crippen LogP contribution < -0.4 is 0 Å². The molecule has 0 aliphatic heterocycles. The highest BCUT2D eigenvalue weighted by Crippen LogP contribution is 2.09. The first kappa shape index (κ1) is 9.25. The summed E-state index contributed by atoms with van der Waals surface area (Å²) in [6.45, 7) is 4.01. The van der Waals surface area contributed by atoms with Crippen LogP contribution in [-0.2, 0) is 10.8 Å². The first-order chi connectivity index (χ1) is 5.61. The van der Waals surface area contributed by atoms with Crippen molar-refractivity contribution in [2.75, 3.05) is 6.26 Å². The van der Waals surface area contributed by atoms with Crippen molar-refractivity contribution >= 4 is 10.8 Å². The summed E-state index contributed by atoms with van der Waals surface area (Å²) in [6.07, 6.45) is 3.14. The molecule has 0 fully saturated rings. The monoisotopic (exact) mass is 185 g/mol. The van der Waals surface area contributed by atoms with Gasteiger partial charge in [0.1, 0.15) is 0 Å². The molecule has 1 rings (SSSR count). The molecule has 0 amide bonds. The van der Waals surface area contributed by atoms with E-state index in [1.165, 1.54) is 0 Å². The van der Waals surface area contributed by atoms with Crippen molar-refractivity contribution in [2.45, 2.75) is 24.9 Å². The van der Waals surface area contributed by atoms with E-state index in [9.17, 15) is 4.21 Å². The molecule has 5 heteroatoms. The highest BCUT2D eigenvalue weighted by molar-refractivity contribution is 7.84. The van der Waals surface area contributed by atoms with E-state index in [0.29, 0.717) is 11.1 Å². The molecule has 1 aromatic heterocycles. The predicted octanol–water partition coefficient (Wildman–Crippen LogP) is 0.732. The normalized spacial score (nSPS) is 13.3. The Morgan fingerprint density at radius 3 is 2.67 bits per heavy atom. The Hall–Kier alpha value is -0.840. The van der Waals surface area contributed by atoms with Gasteiger partial charge in [0.15, 0.2) is 0 Å². The van der Waals surface area contributed by atoms with Crippen molar-refractivity contribution in [3.05, 3.63) is 11.9 Å². The molecule has 0 saturated heterocycles. The second kappa shape index (κ2) is 3.71. The minimum absolute atomic E-state index is 0.294. The quantitative estimate of drug-likeness (QED) is 0.681. The second-order valence-electron chi connectivity index (χ2n) is 2.77. The summed E-state index contributed by atoms with van der Waals surface area (Å²) in [5, 5.41) is 7.69. The molecule has 4 nitrogen and oxygen atoms in total. The van der Waals surface area contributed by atoms with E-state index in [4.69, 9.17) is 0 Å². The summed E-state index contributed by atoms with van der Waals surface area (Å²) in [6, 6.07) is 0. The lowest BCUT2D eigenvalue weighted by Crippen LogP contribution is -2.03. The summed E-state index contributed by atoms with van der Waals surface area (Å²) < 4.78 is 11.0. The number of rotatable bonds is 2. The van der Waals surface area contributed by atoms with E-state index in [1.807, 2.05) is 13.8 Å². The summed E-state index contributed by atoms with van der Waals surface area (Å²) >= 11 is 0. The van der Waals surface area contributed by atoms with Crippen molar-refractivity contribution in [1.29, 1.82) is 0 Å². The van der Waals surface area contributed by atoms with Gasteiger partial charge in [-0.15, -0.1) is 5.10 Å². The molecule has 12 heavy (non-hydrogen) atoms. The zero-order chi connectivity index (χ0) is 9.14. The third-order valence-electron chi connectivity index (χ3n) is 1.41. The Kier molecular flexibility index (Phi) is 2.86. The Morgan fingerprint density at radius 2 is 2.17 bits per heavy atom. The highest BCUT2D eigenvalue weighted by atomic mass is 32.2. The molecule has 0 saturated carbocycles. The van der Waals surface area contributed by atoms with Gasteiger partial charge in [-0.3, -0.25) is 4.21 Å².